The average molecular weight is 451 g/mol. The van der Waals surface area contributed by atoms with Crippen LogP contribution in [-0.2, 0) is 19.2 Å². The van der Waals surface area contributed by atoms with Crippen molar-refractivity contribution in [3.63, 3.8) is 0 Å². The second kappa shape index (κ2) is 14.2. The summed E-state index contributed by atoms with van der Waals surface area (Å²) in [6, 6.07) is -4.86. The monoisotopic (exact) mass is 450 g/mol. The van der Waals surface area contributed by atoms with E-state index in [1.54, 1.807) is 0 Å². The van der Waals surface area contributed by atoms with Gasteiger partial charge in [0, 0.05) is 0 Å². The quantitative estimate of drug-likeness (QED) is 0.157. The van der Waals surface area contributed by atoms with Crippen LogP contribution in [0.3, 0.4) is 0 Å². The molecule has 0 saturated heterocycles. The Bertz CT molecular complexity index is 589. The maximum Gasteiger partial charge on any atom is 0.328 e. The molecule has 0 bridgehead atoms. The van der Waals surface area contributed by atoms with E-state index in [0.717, 1.165) is 0 Å². The molecular weight excluding hydrogens is 416 g/mol. The highest BCUT2D eigenvalue weighted by Crippen LogP contribution is 2.07. The van der Waals surface area contributed by atoms with Gasteiger partial charge in [0.25, 0.3) is 0 Å². The van der Waals surface area contributed by atoms with E-state index in [0.29, 0.717) is 12.2 Å². The molecule has 0 aliphatic carbocycles. The molecule has 0 spiro atoms. The van der Waals surface area contributed by atoms with Crippen molar-refractivity contribution >= 4 is 35.5 Å². The molecule has 5 atom stereocenters. The molecule has 30 heavy (non-hydrogen) atoms. The largest absolute Gasteiger partial charge is 0.480 e. The number of carboxylic acid groups (broad SMARTS) is 1. The van der Waals surface area contributed by atoms with Gasteiger partial charge in [-0.15, -0.1) is 0 Å². The third kappa shape index (κ3) is 10.2. The first-order valence-corrected chi connectivity index (χ1v) is 11.0. The van der Waals surface area contributed by atoms with Crippen molar-refractivity contribution in [1.82, 2.24) is 16.0 Å². The SMILES string of the molecule is CSCCC(N)C(=O)NC(CC(C)C)C(=O)NC(CO)C(=O)NC(C(=O)O)C(C)O. The Morgan fingerprint density at radius 1 is 0.967 bits per heavy atom. The summed E-state index contributed by atoms with van der Waals surface area (Å²) in [5, 5.41) is 34.9. The fourth-order valence-electron chi connectivity index (χ4n) is 2.47. The lowest BCUT2D eigenvalue weighted by Gasteiger charge is -2.25. The van der Waals surface area contributed by atoms with E-state index in [9.17, 15) is 29.4 Å². The van der Waals surface area contributed by atoms with Gasteiger partial charge in [-0.3, -0.25) is 14.4 Å². The van der Waals surface area contributed by atoms with Crippen LogP contribution in [0.15, 0.2) is 0 Å². The van der Waals surface area contributed by atoms with Gasteiger partial charge < -0.3 is 37.0 Å². The Hall–Kier alpha value is -1.89. The number of hydrogen-bond acceptors (Lipinski definition) is 8. The molecule has 0 aliphatic heterocycles. The molecular formula is C18H34N4O7S. The molecule has 0 aromatic heterocycles. The number of thioether (sulfide) groups is 1. The van der Waals surface area contributed by atoms with Crippen LogP contribution in [0, 0.1) is 5.92 Å². The molecule has 5 unspecified atom stereocenters. The second-order valence-electron chi connectivity index (χ2n) is 7.39. The third-order valence-electron chi connectivity index (χ3n) is 4.17. The number of carbonyl (C=O) groups excluding carboxylic acids is 3. The standard InChI is InChI=1S/C18H34N4O7S/c1-9(2)7-12(20-15(25)11(19)5-6-30-4)16(26)21-13(8-23)17(27)22-14(10(3)24)18(28)29/h9-14,23-24H,5-8,19H2,1-4H3,(H,20,25)(H,21,26)(H,22,27)(H,28,29). The predicted octanol–water partition coefficient (Wildman–Crippen LogP) is -1.97. The molecule has 11 nitrogen and oxygen atoms in total. The zero-order valence-electron chi connectivity index (χ0n) is 17.8. The van der Waals surface area contributed by atoms with Gasteiger partial charge in [-0.25, -0.2) is 4.79 Å². The number of aliphatic hydroxyl groups is 2. The minimum absolute atomic E-state index is 0.0245. The van der Waals surface area contributed by atoms with E-state index in [1.807, 2.05) is 20.1 Å². The van der Waals surface area contributed by atoms with Gasteiger partial charge in [0.15, 0.2) is 6.04 Å². The molecule has 0 heterocycles. The fourth-order valence-corrected chi connectivity index (χ4v) is 2.96. The molecule has 0 aromatic carbocycles. The highest BCUT2D eigenvalue weighted by atomic mass is 32.2. The lowest BCUT2D eigenvalue weighted by Crippen LogP contribution is -2.59. The molecule has 8 N–H and O–H groups in total. The van der Waals surface area contributed by atoms with E-state index in [-0.39, 0.29) is 12.3 Å². The van der Waals surface area contributed by atoms with E-state index in [4.69, 9.17) is 10.8 Å². The van der Waals surface area contributed by atoms with Crippen molar-refractivity contribution in [3.8, 4) is 0 Å². The predicted molar refractivity (Wildman–Crippen MR) is 113 cm³/mol. The molecule has 0 aromatic rings. The number of aliphatic carboxylic acids is 1. The second-order valence-corrected chi connectivity index (χ2v) is 8.37. The van der Waals surface area contributed by atoms with Crippen molar-refractivity contribution in [2.75, 3.05) is 18.6 Å². The number of carbonyl (C=O) groups is 4. The van der Waals surface area contributed by atoms with E-state index < -0.39 is 60.6 Å². The number of nitrogens with two attached hydrogens (primary N) is 1. The number of aliphatic hydroxyl groups excluding tert-OH is 2. The zero-order valence-corrected chi connectivity index (χ0v) is 18.6. The van der Waals surface area contributed by atoms with Crippen molar-refractivity contribution < 1.29 is 34.5 Å². The maximum atomic E-state index is 12.7. The summed E-state index contributed by atoms with van der Waals surface area (Å²) in [5.41, 5.74) is 5.83. The lowest BCUT2D eigenvalue weighted by atomic mass is 10.0. The summed E-state index contributed by atoms with van der Waals surface area (Å²) in [7, 11) is 0. The zero-order chi connectivity index (χ0) is 23.4. The van der Waals surface area contributed by atoms with Crippen LogP contribution < -0.4 is 21.7 Å². The number of carboxylic acids is 1. The van der Waals surface area contributed by atoms with Crippen molar-refractivity contribution in [1.29, 1.82) is 0 Å². The van der Waals surface area contributed by atoms with Crippen LogP contribution in [-0.4, -0.2) is 87.9 Å². The van der Waals surface area contributed by atoms with Gasteiger partial charge in [-0.1, -0.05) is 13.8 Å². The van der Waals surface area contributed by atoms with E-state index in [2.05, 4.69) is 16.0 Å². The van der Waals surface area contributed by atoms with Gasteiger partial charge in [-0.2, -0.15) is 11.8 Å². The molecule has 12 heteroatoms. The molecule has 0 fully saturated rings. The first kappa shape index (κ1) is 28.1. The third-order valence-corrected chi connectivity index (χ3v) is 4.82. The first-order chi connectivity index (χ1) is 13.9. The van der Waals surface area contributed by atoms with Crippen molar-refractivity contribution in [3.05, 3.63) is 0 Å². The smallest absolute Gasteiger partial charge is 0.328 e. The Kier molecular flexibility index (Phi) is 13.3. The van der Waals surface area contributed by atoms with Crippen LogP contribution in [0.25, 0.3) is 0 Å². The Labute approximate surface area is 180 Å². The normalized spacial score (nSPS) is 16.1. The summed E-state index contributed by atoms with van der Waals surface area (Å²) in [5.74, 6) is -2.97. The number of amides is 3. The molecule has 0 radical (unpaired) electrons. The first-order valence-electron chi connectivity index (χ1n) is 9.61. The Morgan fingerprint density at radius 2 is 1.50 bits per heavy atom. The minimum Gasteiger partial charge on any atom is -0.480 e. The molecule has 0 rings (SSSR count). The van der Waals surface area contributed by atoms with Crippen LogP contribution in [0.4, 0.5) is 0 Å². The Morgan fingerprint density at radius 3 is 1.93 bits per heavy atom. The fraction of sp³-hybridized carbons (Fsp3) is 0.778. The highest BCUT2D eigenvalue weighted by Gasteiger charge is 2.31. The van der Waals surface area contributed by atoms with Gasteiger partial charge >= 0.3 is 5.97 Å². The van der Waals surface area contributed by atoms with Crippen molar-refractivity contribution in [2.45, 2.75) is 63.9 Å². The van der Waals surface area contributed by atoms with Crippen LogP contribution >= 0.6 is 11.8 Å². The average Bonchev–Trinajstić information content (AvgIpc) is 2.66. The highest BCUT2D eigenvalue weighted by molar-refractivity contribution is 7.98. The van der Waals surface area contributed by atoms with Gasteiger partial charge in [0.2, 0.25) is 17.7 Å². The van der Waals surface area contributed by atoms with Crippen molar-refractivity contribution in [2.24, 2.45) is 11.7 Å². The minimum atomic E-state index is -1.61. The van der Waals surface area contributed by atoms with Crippen LogP contribution in [0.5, 0.6) is 0 Å². The van der Waals surface area contributed by atoms with Gasteiger partial charge in [-0.05, 0) is 37.7 Å². The molecule has 0 aliphatic rings. The van der Waals surface area contributed by atoms with E-state index in [1.165, 1.54) is 18.7 Å². The summed E-state index contributed by atoms with van der Waals surface area (Å²) in [4.78, 5) is 48.3. The summed E-state index contributed by atoms with van der Waals surface area (Å²) in [6.45, 7) is 4.06. The topological polar surface area (TPSA) is 191 Å². The van der Waals surface area contributed by atoms with Crippen LogP contribution in [0.1, 0.15) is 33.6 Å². The summed E-state index contributed by atoms with van der Waals surface area (Å²) in [6.07, 6.45) is 1.18. The number of nitrogens with one attached hydrogen (secondary N) is 3. The van der Waals surface area contributed by atoms with E-state index >= 15 is 0 Å². The summed E-state index contributed by atoms with van der Waals surface area (Å²) >= 11 is 1.54. The number of hydrogen-bond donors (Lipinski definition) is 7. The van der Waals surface area contributed by atoms with Crippen LogP contribution in [0.2, 0.25) is 0 Å². The maximum absolute atomic E-state index is 12.7. The molecule has 174 valence electrons. The Balaban J connectivity index is 5.18. The van der Waals surface area contributed by atoms with Gasteiger partial charge in [0.05, 0.1) is 18.8 Å². The summed E-state index contributed by atoms with van der Waals surface area (Å²) < 4.78 is 0. The molecule has 3 amide bonds. The molecule has 0 saturated carbocycles. The van der Waals surface area contributed by atoms with Gasteiger partial charge in [0.1, 0.15) is 12.1 Å². The number of rotatable bonds is 14. The lowest BCUT2D eigenvalue weighted by molar-refractivity contribution is -0.145.